The normalized spacial score (nSPS) is 11.7. The fraction of sp³-hybridized carbons (Fsp3) is 0.222. The molecule has 1 N–H and O–H groups in total. The Kier molecular flexibility index (Phi) is 5.11. The Morgan fingerprint density at radius 1 is 1.09 bits per heavy atom. The Labute approximate surface area is 134 Å². The van der Waals surface area contributed by atoms with Crippen LogP contribution in [0, 0.1) is 19.7 Å². The molecule has 1 amide bonds. The van der Waals surface area contributed by atoms with Gasteiger partial charge in [0.15, 0.2) is 6.10 Å². The molecule has 1 atom stereocenters. The lowest BCUT2D eigenvalue weighted by molar-refractivity contribution is -0.123. The number of carbonyl (C=O) groups excluding carboxylic acids is 2. The SMILES string of the molecule is Cc1ccc(NC(=O)C(C)OC(=O)c2ccc(F)cc2)c(C)c1. The zero-order chi connectivity index (χ0) is 17.0. The van der Waals surface area contributed by atoms with Crippen LogP contribution in [0.25, 0.3) is 0 Å². The van der Waals surface area contributed by atoms with E-state index in [2.05, 4.69) is 5.32 Å². The number of benzene rings is 2. The predicted molar refractivity (Wildman–Crippen MR) is 85.8 cm³/mol. The van der Waals surface area contributed by atoms with E-state index in [1.54, 1.807) is 6.07 Å². The molecule has 5 heteroatoms. The first-order chi connectivity index (χ1) is 10.9. The maximum absolute atomic E-state index is 12.8. The van der Waals surface area contributed by atoms with Crippen LogP contribution in [0.3, 0.4) is 0 Å². The molecule has 0 spiro atoms. The Morgan fingerprint density at radius 3 is 2.35 bits per heavy atom. The van der Waals surface area contributed by atoms with Crippen molar-refractivity contribution in [1.29, 1.82) is 0 Å². The van der Waals surface area contributed by atoms with Gasteiger partial charge in [0.1, 0.15) is 5.82 Å². The number of esters is 1. The van der Waals surface area contributed by atoms with Gasteiger partial charge in [-0.1, -0.05) is 17.7 Å². The van der Waals surface area contributed by atoms with E-state index >= 15 is 0 Å². The highest BCUT2D eigenvalue weighted by atomic mass is 19.1. The number of halogens is 1. The van der Waals surface area contributed by atoms with Crippen LogP contribution in [0.5, 0.6) is 0 Å². The molecule has 2 aromatic rings. The van der Waals surface area contributed by atoms with Crippen molar-refractivity contribution in [3.8, 4) is 0 Å². The van der Waals surface area contributed by atoms with Crippen LogP contribution < -0.4 is 5.32 Å². The first-order valence-corrected chi connectivity index (χ1v) is 7.21. The van der Waals surface area contributed by atoms with Gasteiger partial charge < -0.3 is 10.1 Å². The molecular weight excluding hydrogens is 297 g/mol. The van der Waals surface area contributed by atoms with E-state index in [4.69, 9.17) is 4.74 Å². The standard InChI is InChI=1S/C18H18FNO3/c1-11-4-9-16(12(2)10-11)20-17(21)13(3)23-18(22)14-5-7-15(19)8-6-14/h4-10,13H,1-3H3,(H,20,21). The molecule has 0 bridgehead atoms. The molecule has 1 unspecified atom stereocenters. The summed E-state index contributed by atoms with van der Waals surface area (Å²) in [5.41, 5.74) is 2.88. The topological polar surface area (TPSA) is 55.4 Å². The smallest absolute Gasteiger partial charge is 0.338 e. The van der Waals surface area contributed by atoms with Gasteiger partial charge in [0, 0.05) is 5.69 Å². The van der Waals surface area contributed by atoms with Gasteiger partial charge in [-0.3, -0.25) is 4.79 Å². The minimum Gasteiger partial charge on any atom is -0.449 e. The monoisotopic (exact) mass is 315 g/mol. The van der Waals surface area contributed by atoms with Gasteiger partial charge in [0.25, 0.3) is 5.91 Å². The highest BCUT2D eigenvalue weighted by Crippen LogP contribution is 2.16. The zero-order valence-electron chi connectivity index (χ0n) is 13.2. The summed E-state index contributed by atoms with van der Waals surface area (Å²) in [6.07, 6.45) is -0.965. The fourth-order valence-electron chi connectivity index (χ4n) is 2.06. The fourth-order valence-corrected chi connectivity index (χ4v) is 2.06. The molecule has 0 saturated carbocycles. The molecule has 0 aromatic heterocycles. The summed E-state index contributed by atoms with van der Waals surface area (Å²) >= 11 is 0. The number of rotatable bonds is 4. The molecule has 23 heavy (non-hydrogen) atoms. The third-order valence-corrected chi connectivity index (χ3v) is 3.37. The summed E-state index contributed by atoms with van der Waals surface area (Å²) in [5, 5.41) is 2.73. The molecule has 0 aliphatic carbocycles. The molecule has 0 radical (unpaired) electrons. The molecule has 2 rings (SSSR count). The zero-order valence-corrected chi connectivity index (χ0v) is 13.2. The van der Waals surface area contributed by atoms with Crippen LogP contribution in [-0.4, -0.2) is 18.0 Å². The van der Waals surface area contributed by atoms with Crippen LogP contribution >= 0.6 is 0 Å². The molecule has 120 valence electrons. The lowest BCUT2D eigenvalue weighted by atomic mass is 10.1. The van der Waals surface area contributed by atoms with Crippen molar-refractivity contribution in [1.82, 2.24) is 0 Å². The highest BCUT2D eigenvalue weighted by molar-refractivity contribution is 5.97. The van der Waals surface area contributed by atoms with E-state index < -0.39 is 23.8 Å². The molecule has 0 aliphatic rings. The van der Waals surface area contributed by atoms with Crippen LogP contribution in [0.4, 0.5) is 10.1 Å². The van der Waals surface area contributed by atoms with Crippen LogP contribution in [-0.2, 0) is 9.53 Å². The third-order valence-electron chi connectivity index (χ3n) is 3.37. The number of nitrogens with one attached hydrogen (secondary N) is 1. The van der Waals surface area contributed by atoms with Crippen LogP contribution in [0.2, 0.25) is 0 Å². The van der Waals surface area contributed by atoms with Gasteiger partial charge in [-0.05, 0) is 56.7 Å². The molecule has 0 aliphatic heterocycles. The van der Waals surface area contributed by atoms with Crippen molar-refractivity contribution in [3.63, 3.8) is 0 Å². The summed E-state index contributed by atoms with van der Waals surface area (Å²) in [4.78, 5) is 24.0. The van der Waals surface area contributed by atoms with Gasteiger partial charge in [0.2, 0.25) is 0 Å². The number of anilines is 1. The largest absolute Gasteiger partial charge is 0.449 e. The van der Waals surface area contributed by atoms with Gasteiger partial charge in [-0.2, -0.15) is 0 Å². The van der Waals surface area contributed by atoms with E-state index in [1.165, 1.54) is 19.1 Å². The van der Waals surface area contributed by atoms with Crippen LogP contribution in [0.15, 0.2) is 42.5 Å². The second-order valence-electron chi connectivity index (χ2n) is 5.36. The van der Waals surface area contributed by atoms with E-state index in [9.17, 15) is 14.0 Å². The van der Waals surface area contributed by atoms with Gasteiger partial charge in [0.05, 0.1) is 5.56 Å². The number of carbonyl (C=O) groups is 2. The summed E-state index contributed by atoms with van der Waals surface area (Å²) in [6.45, 7) is 5.34. The minimum absolute atomic E-state index is 0.192. The summed E-state index contributed by atoms with van der Waals surface area (Å²) < 4.78 is 17.9. The van der Waals surface area contributed by atoms with Crippen molar-refractivity contribution in [3.05, 3.63) is 65.0 Å². The minimum atomic E-state index is -0.965. The summed E-state index contributed by atoms with van der Waals surface area (Å²) in [6, 6.07) is 10.6. The second kappa shape index (κ2) is 7.05. The number of aryl methyl sites for hydroxylation is 2. The predicted octanol–water partition coefficient (Wildman–Crippen LogP) is 3.63. The molecular formula is C18H18FNO3. The number of hydrogen-bond acceptors (Lipinski definition) is 3. The van der Waals surface area contributed by atoms with E-state index in [1.807, 2.05) is 26.0 Å². The van der Waals surface area contributed by atoms with Crippen molar-refractivity contribution in [2.75, 3.05) is 5.32 Å². The van der Waals surface area contributed by atoms with E-state index in [0.29, 0.717) is 5.69 Å². The number of ether oxygens (including phenoxy) is 1. The van der Waals surface area contributed by atoms with Crippen molar-refractivity contribution in [2.45, 2.75) is 26.9 Å². The number of amides is 1. The summed E-state index contributed by atoms with van der Waals surface area (Å²) in [7, 11) is 0. The first-order valence-electron chi connectivity index (χ1n) is 7.21. The lowest BCUT2D eigenvalue weighted by Gasteiger charge is -2.15. The van der Waals surface area contributed by atoms with E-state index in [0.717, 1.165) is 23.3 Å². The molecule has 0 heterocycles. The molecule has 4 nitrogen and oxygen atoms in total. The van der Waals surface area contributed by atoms with Gasteiger partial charge >= 0.3 is 5.97 Å². The highest BCUT2D eigenvalue weighted by Gasteiger charge is 2.19. The molecule has 0 saturated heterocycles. The van der Waals surface area contributed by atoms with Gasteiger partial charge in [-0.25, -0.2) is 9.18 Å². The Balaban J connectivity index is 1.99. The summed E-state index contributed by atoms with van der Waals surface area (Å²) in [5.74, 6) is -1.54. The molecule has 2 aromatic carbocycles. The van der Waals surface area contributed by atoms with E-state index in [-0.39, 0.29) is 5.56 Å². The van der Waals surface area contributed by atoms with Crippen molar-refractivity contribution < 1.29 is 18.7 Å². The van der Waals surface area contributed by atoms with Crippen molar-refractivity contribution >= 4 is 17.6 Å². The average molecular weight is 315 g/mol. The second-order valence-corrected chi connectivity index (χ2v) is 5.36. The maximum Gasteiger partial charge on any atom is 0.338 e. The van der Waals surface area contributed by atoms with Crippen LogP contribution in [0.1, 0.15) is 28.4 Å². The first kappa shape index (κ1) is 16.7. The van der Waals surface area contributed by atoms with Gasteiger partial charge in [-0.15, -0.1) is 0 Å². The third kappa shape index (κ3) is 4.39. The quantitative estimate of drug-likeness (QED) is 0.877. The average Bonchev–Trinajstić information content (AvgIpc) is 2.50. The maximum atomic E-state index is 12.8. The lowest BCUT2D eigenvalue weighted by Crippen LogP contribution is -2.30. The Bertz CT molecular complexity index is 726. The van der Waals surface area contributed by atoms with Crippen molar-refractivity contribution in [2.24, 2.45) is 0 Å². The Hall–Kier alpha value is -2.69. The Morgan fingerprint density at radius 2 is 1.74 bits per heavy atom. The number of hydrogen-bond donors (Lipinski definition) is 1. The molecule has 0 fully saturated rings.